The number of aryl methyl sites for hydroxylation is 1. The van der Waals surface area contributed by atoms with E-state index in [-0.39, 0.29) is 0 Å². The lowest BCUT2D eigenvalue weighted by molar-refractivity contribution is 0.178. The Hall–Kier alpha value is -2.34. The number of aromatic nitrogens is 4. The summed E-state index contributed by atoms with van der Waals surface area (Å²) in [5.41, 5.74) is 8.30. The maximum atomic E-state index is 10.3. The van der Waals surface area contributed by atoms with E-state index in [4.69, 9.17) is 5.73 Å². The third-order valence-corrected chi connectivity index (χ3v) is 3.48. The predicted molar refractivity (Wildman–Crippen MR) is 77.1 cm³/mol. The minimum absolute atomic E-state index is 0.400. The SMILES string of the molecule is CCn1nc(CC(O)c2cn[nH]c2N)c2ccccc21. The Bertz CT molecular complexity index is 730. The summed E-state index contributed by atoms with van der Waals surface area (Å²) in [6.07, 6.45) is 1.26. The van der Waals surface area contributed by atoms with Crippen LogP contribution in [0.2, 0.25) is 0 Å². The highest BCUT2D eigenvalue weighted by Gasteiger charge is 2.17. The average Bonchev–Trinajstić information content (AvgIpc) is 3.03. The normalized spacial score (nSPS) is 12.9. The van der Waals surface area contributed by atoms with E-state index in [1.54, 1.807) is 6.20 Å². The highest BCUT2D eigenvalue weighted by molar-refractivity contribution is 5.82. The van der Waals surface area contributed by atoms with Crippen molar-refractivity contribution in [2.24, 2.45) is 0 Å². The molecule has 0 saturated heterocycles. The van der Waals surface area contributed by atoms with Crippen LogP contribution < -0.4 is 5.73 Å². The van der Waals surface area contributed by atoms with E-state index in [0.29, 0.717) is 17.8 Å². The van der Waals surface area contributed by atoms with Crippen LogP contribution in [0, 0.1) is 0 Å². The van der Waals surface area contributed by atoms with Crippen LogP contribution in [0.1, 0.15) is 24.3 Å². The number of hydrogen-bond donors (Lipinski definition) is 3. The molecular formula is C14H17N5O. The van der Waals surface area contributed by atoms with Crippen LogP contribution in [0.15, 0.2) is 30.5 Å². The molecule has 0 aliphatic carbocycles. The molecule has 1 atom stereocenters. The van der Waals surface area contributed by atoms with Gasteiger partial charge < -0.3 is 10.8 Å². The number of hydrogen-bond acceptors (Lipinski definition) is 4. The zero-order valence-electron chi connectivity index (χ0n) is 11.2. The zero-order chi connectivity index (χ0) is 14.1. The number of nitrogens with zero attached hydrogens (tertiary/aromatic N) is 3. The smallest absolute Gasteiger partial charge is 0.124 e. The van der Waals surface area contributed by atoms with E-state index in [1.807, 2.05) is 35.9 Å². The van der Waals surface area contributed by atoms with Crippen LogP contribution >= 0.6 is 0 Å². The first-order valence-electron chi connectivity index (χ1n) is 6.62. The van der Waals surface area contributed by atoms with Crippen LogP contribution in [0.4, 0.5) is 5.82 Å². The number of anilines is 1. The van der Waals surface area contributed by atoms with E-state index in [9.17, 15) is 5.11 Å². The standard InChI is InChI=1S/C14H17N5O/c1-2-19-12-6-4-3-5-9(12)11(18-19)7-13(20)10-8-16-17-14(10)15/h3-6,8,13,20H,2,7H2,1H3,(H3,15,16,17). The van der Waals surface area contributed by atoms with Crippen molar-refractivity contribution in [3.8, 4) is 0 Å². The molecule has 20 heavy (non-hydrogen) atoms. The molecule has 2 aromatic heterocycles. The van der Waals surface area contributed by atoms with Gasteiger partial charge in [-0.1, -0.05) is 18.2 Å². The van der Waals surface area contributed by atoms with Crippen molar-refractivity contribution < 1.29 is 5.11 Å². The number of rotatable bonds is 4. The summed E-state index contributed by atoms with van der Waals surface area (Å²) >= 11 is 0. The van der Waals surface area contributed by atoms with Crippen molar-refractivity contribution in [1.29, 1.82) is 0 Å². The largest absolute Gasteiger partial charge is 0.388 e. The first-order valence-corrected chi connectivity index (χ1v) is 6.62. The third kappa shape index (κ3) is 2.04. The molecule has 0 spiro atoms. The Kier molecular flexibility index (Phi) is 3.15. The molecule has 1 unspecified atom stereocenters. The minimum Gasteiger partial charge on any atom is -0.388 e. The van der Waals surface area contributed by atoms with E-state index in [2.05, 4.69) is 15.3 Å². The van der Waals surface area contributed by atoms with Gasteiger partial charge in [-0.15, -0.1) is 0 Å². The lowest BCUT2D eigenvalue weighted by Crippen LogP contribution is -2.05. The van der Waals surface area contributed by atoms with Gasteiger partial charge in [0.05, 0.1) is 23.5 Å². The molecule has 0 saturated carbocycles. The monoisotopic (exact) mass is 271 g/mol. The van der Waals surface area contributed by atoms with E-state index in [0.717, 1.165) is 23.1 Å². The second-order valence-corrected chi connectivity index (χ2v) is 4.74. The van der Waals surface area contributed by atoms with Gasteiger partial charge in [0.1, 0.15) is 5.82 Å². The van der Waals surface area contributed by atoms with Crippen molar-refractivity contribution in [3.63, 3.8) is 0 Å². The van der Waals surface area contributed by atoms with Gasteiger partial charge in [0.2, 0.25) is 0 Å². The highest BCUT2D eigenvalue weighted by atomic mass is 16.3. The van der Waals surface area contributed by atoms with Gasteiger partial charge in [-0.25, -0.2) is 0 Å². The fourth-order valence-electron chi connectivity index (χ4n) is 2.45. The Morgan fingerprint density at radius 1 is 1.40 bits per heavy atom. The quantitative estimate of drug-likeness (QED) is 0.672. The summed E-state index contributed by atoms with van der Waals surface area (Å²) in [4.78, 5) is 0. The first-order chi connectivity index (χ1) is 9.70. The average molecular weight is 271 g/mol. The van der Waals surface area contributed by atoms with Gasteiger partial charge >= 0.3 is 0 Å². The molecule has 3 aromatic rings. The second-order valence-electron chi connectivity index (χ2n) is 4.74. The van der Waals surface area contributed by atoms with E-state index >= 15 is 0 Å². The molecule has 104 valence electrons. The zero-order valence-corrected chi connectivity index (χ0v) is 11.2. The molecule has 6 heteroatoms. The van der Waals surface area contributed by atoms with Crippen molar-refractivity contribution in [3.05, 3.63) is 41.7 Å². The maximum Gasteiger partial charge on any atom is 0.124 e. The number of aliphatic hydroxyl groups is 1. The molecule has 6 nitrogen and oxygen atoms in total. The van der Waals surface area contributed by atoms with Crippen LogP contribution in [0.5, 0.6) is 0 Å². The van der Waals surface area contributed by atoms with Crippen LogP contribution in [0.3, 0.4) is 0 Å². The fraction of sp³-hybridized carbons (Fsp3) is 0.286. The molecule has 2 heterocycles. The Labute approximate surface area is 116 Å². The number of nitrogen functional groups attached to an aromatic ring is 1. The Morgan fingerprint density at radius 2 is 2.20 bits per heavy atom. The Morgan fingerprint density at radius 3 is 2.90 bits per heavy atom. The molecule has 3 rings (SSSR count). The molecule has 4 N–H and O–H groups in total. The summed E-state index contributed by atoms with van der Waals surface area (Å²) in [6.45, 7) is 2.85. The van der Waals surface area contributed by atoms with Gasteiger partial charge in [0.15, 0.2) is 0 Å². The number of para-hydroxylation sites is 1. The van der Waals surface area contributed by atoms with Crippen molar-refractivity contribution in [2.75, 3.05) is 5.73 Å². The molecule has 0 radical (unpaired) electrons. The maximum absolute atomic E-state index is 10.3. The fourth-order valence-corrected chi connectivity index (χ4v) is 2.45. The number of aliphatic hydroxyl groups excluding tert-OH is 1. The molecule has 0 amide bonds. The minimum atomic E-state index is -0.711. The van der Waals surface area contributed by atoms with E-state index in [1.165, 1.54) is 0 Å². The summed E-state index contributed by atoms with van der Waals surface area (Å²) < 4.78 is 1.94. The highest BCUT2D eigenvalue weighted by Crippen LogP contribution is 2.25. The molecule has 1 aromatic carbocycles. The molecule has 0 fully saturated rings. The van der Waals surface area contributed by atoms with Gasteiger partial charge in [-0.2, -0.15) is 10.2 Å². The van der Waals surface area contributed by atoms with Crippen LogP contribution in [0.25, 0.3) is 10.9 Å². The van der Waals surface area contributed by atoms with Gasteiger partial charge in [-0.3, -0.25) is 9.78 Å². The number of nitrogens with one attached hydrogen (secondary N) is 1. The summed E-state index contributed by atoms with van der Waals surface area (Å²) in [7, 11) is 0. The van der Waals surface area contributed by atoms with Crippen molar-refractivity contribution >= 4 is 16.7 Å². The number of nitrogens with two attached hydrogens (primary N) is 1. The first kappa shape index (κ1) is 12.7. The predicted octanol–water partition coefficient (Wildman–Crippen LogP) is 1.64. The molecule has 0 aliphatic rings. The molecular weight excluding hydrogens is 254 g/mol. The summed E-state index contributed by atoms with van der Waals surface area (Å²) in [6, 6.07) is 8.03. The van der Waals surface area contributed by atoms with E-state index < -0.39 is 6.10 Å². The van der Waals surface area contributed by atoms with Gasteiger partial charge in [0.25, 0.3) is 0 Å². The van der Waals surface area contributed by atoms with Gasteiger partial charge in [0, 0.05) is 23.9 Å². The number of benzene rings is 1. The number of H-pyrrole nitrogens is 1. The van der Waals surface area contributed by atoms with Gasteiger partial charge in [-0.05, 0) is 13.0 Å². The number of aromatic amines is 1. The second kappa shape index (κ2) is 4.97. The lowest BCUT2D eigenvalue weighted by Gasteiger charge is -2.07. The number of fused-ring (bicyclic) bond motifs is 1. The summed E-state index contributed by atoms with van der Waals surface area (Å²) in [5, 5.41) is 22.4. The third-order valence-electron chi connectivity index (χ3n) is 3.48. The topological polar surface area (TPSA) is 92.7 Å². The van der Waals surface area contributed by atoms with Crippen LogP contribution in [-0.4, -0.2) is 25.1 Å². The Balaban J connectivity index is 1.97. The molecule has 0 aliphatic heterocycles. The molecule has 0 bridgehead atoms. The van der Waals surface area contributed by atoms with Crippen LogP contribution in [-0.2, 0) is 13.0 Å². The lowest BCUT2D eigenvalue weighted by atomic mass is 10.1. The van der Waals surface area contributed by atoms with Crippen molar-refractivity contribution in [1.82, 2.24) is 20.0 Å². The van der Waals surface area contributed by atoms with Crippen molar-refractivity contribution in [2.45, 2.75) is 26.0 Å². The summed E-state index contributed by atoms with van der Waals surface area (Å²) in [5.74, 6) is 0.400.